The molecule has 51 heavy (non-hydrogen) atoms. The van der Waals surface area contributed by atoms with Gasteiger partial charge in [0.1, 0.15) is 17.4 Å². The number of benzene rings is 2. The van der Waals surface area contributed by atoms with Crippen LogP contribution in [0.25, 0.3) is 11.1 Å². The average molecular weight is 726 g/mol. The quantitative estimate of drug-likeness (QED) is 0.147. The van der Waals surface area contributed by atoms with Crippen LogP contribution in [-0.4, -0.2) is 60.9 Å². The number of carboxylic acid groups (broad SMARTS) is 1. The molecule has 0 unspecified atom stereocenters. The maximum Gasteiger partial charge on any atom is 0.416 e. The molecule has 276 valence electrons. The van der Waals surface area contributed by atoms with E-state index in [1.165, 1.54) is 27.2 Å². The fraction of sp³-hybridized carbons (Fsp3) is 0.472. The molecule has 1 saturated heterocycles. The zero-order chi connectivity index (χ0) is 37.2. The van der Waals surface area contributed by atoms with Crippen LogP contribution < -0.4 is 9.64 Å². The second-order valence-electron chi connectivity index (χ2n) is 13.1. The van der Waals surface area contributed by atoms with Crippen LogP contribution in [0.15, 0.2) is 42.5 Å². The normalized spacial score (nSPS) is 18.0. The standard InChI is InChI=1S/C36H38F7N3O5/c1-20(21-14-24(35(38,39)40)16-25(15-21)36(41,42)43)6-4-9-46(34(48)49)19-30-26(7-8-32(44-30)45-10-5-11-45)28-17-27(29(37)18-31(28)50-2)22-12-23(13-22)33(47)51-3/h7-8,14-18,20,22-23H,4-6,9-13,19H2,1-3H3,(H,48,49)/t20-,22?,23?/m0/s1. The number of pyridine rings is 1. The van der Waals surface area contributed by atoms with Gasteiger partial charge in [-0.25, -0.2) is 14.2 Å². The van der Waals surface area contributed by atoms with Gasteiger partial charge in [0.15, 0.2) is 0 Å². The molecule has 1 N–H and O–H groups in total. The van der Waals surface area contributed by atoms with E-state index in [1.807, 2.05) is 4.90 Å². The van der Waals surface area contributed by atoms with Crippen molar-refractivity contribution in [2.75, 3.05) is 38.8 Å². The summed E-state index contributed by atoms with van der Waals surface area (Å²) in [5.74, 6) is -1.42. The lowest BCUT2D eigenvalue weighted by Gasteiger charge is -2.34. The van der Waals surface area contributed by atoms with E-state index in [0.717, 1.165) is 24.4 Å². The summed E-state index contributed by atoms with van der Waals surface area (Å²) in [7, 11) is 2.67. The van der Waals surface area contributed by atoms with Crippen LogP contribution in [0.1, 0.15) is 78.8 Å². The highest BCUT2D eigenvalue weighted by Crippen LogP contribution is 2.46. The molecule has 15 heteroatoms. The summed E-state index contributed by atoms with van der Waals surface area (Å²) in [4.78, 5) is 32.3. The van der Waals surface area contributed by atoms with E-state index in [0.29, 0.717) is 53.2 Å². The number of ether oxygens (including phenoxy) is 2. The summed E-state index contributed by atoms with van der Waals surface area (Å²) in [5.41, 5.74) is -1.30. The van der Waals surface area contributed by atoms with Gasteiger partial charge in [-0.2, -0.15) is 26.3 Å². The molecular weight excluding hydrogens is 687 g/mol. The molecule has 2 fully saturated rings. The Hall–Kier alpha value is -4.56. The van der Waals surface area contributed by atoms with Gasteiger partial charge in [-0.1, -0.05) is 6.92 Å². The second-order valence-corrected chi connectivity index (χ2v) is 13.1. The Labute approximate surface area is 290 Å². The smallest absolute Gasteiger partial charge is 0.416 e. The van der Waals surface area contributed by atoms with Crippen LogP contribution >= 0.6 is 0 Å². The van der Waals surface area contributed by atoms with Crippen molar-refractivity contribution in [1.29, 1.82) is 0 Å². The van der Waals surface area contributed by atoms with E-state index >= 15 is 4.39 Å². The number of hydrogen-bond donors (Lipinski definition) is 1. The minimum atomic E-state index is -4.98. The summed E-state index contributed by atoms with van der Waals surface area (Å²) in [6, 6.07) is 7.89. The van der Waals surface area contributed by atoms with Crippen LogP contribution in [-0.2, 0) is 28.4 Å². The first kappa shape index (κ1) is 37.7. The Bertz CT molecular complexity index is 1720. The summed E-state index contributed by atoms with van der Waals surface area (Å²) < 4.78 is 106. The van der Waals surface area contributed by atoms with E-state index in [9.17, 15) is 41.0 Å². The third kappa shape index (κ3) is 8.50. The molecule has 1 aliphatic heterocycles. The van der Waals surface area contributed by atoms with Crippen molar-refractivity contribution in [3.63, 3.8) is 0 Å². The maximum atomic E-state index is 15.3. The molecule has 0 bridgehead atoms. The van der Waals surface area contributed by atoms with E-state index < -0.39 is 41.3 Å². The zero-order valence-electron chi connectivity index (χ0n) is 28.2. The number of nitrogens with zero attached hydrogens (tertiary/aromatic N) is 3. The molecule has 1 atom stereocenters. The van der Waals surface area contributed by atoms with Gasteiger partial charge >= 0.3 is 24.4 Å². The van der Waals surface area contributed by atoms with E-state index in [2.05, 4.69) is 0 Å². The SMILES string of the molecule is COC(=O)C1CC(c2cc(-c3ccc(N4CCC4)nc3CN(CCC[C@H](C)c3cc(C(F)(F)F)cc(C(F)(F)F)c3)C(=O)O)c(OC)cc2F)C1. The molecule has 1 aliphatic carbocycles. The van der Waals surface area contributed by atoms with Crippen LogP contribution in [0.2, 0.25) is 0 Å². The van der Waals surface area contributed by atoms with Crippen LogP contribution in [0.4, 0.5) is 41.3 Å². The Balaban J connectivity index is 1.40. The van der Waals surface area contributed by atoms with Crippen LogP contribution in [0.3, 0.4) is 0 Å². The monoisotopic (exact) mass is 725 g/mol. The lowest BCUT2D eigenvalue weighted by Crippen LogP contribution is -2.38. The minimum absolute atomic E-state index is 0.0750. The van der Waals surface area contributed by atoms with Crippen molar-refractivity contribution >= 4 is 17.9 Å². The second kappa shape index (κ2) is 15.0. The van der Waals surface area contributed by atoms with E-state index in [1.54, 1.807) is 18.2 Å². The van der Waals surface area contributed by atoms with Crippen molar-refractivity contribution in [3.8, 4) is 16.9 Å². The summed E-state index contributed by atoms with van der Waals surface area (Å²) in [6.45, 7) is 2.69. The zero-order valence-corrected chi connectivity index (χ0v) is 28.2. The van der Waals surface area contributed by atoms with Gasteiger partial charge in [-0.05, 0) is 91.5 Å². The molecule has 2 aromatic carbocycles. The molecule has 1 amide bonds. The Morgan fingerprint density at radius 3 is 2.16 bits per heavy atom. The van der Waals surface area contributed by atoms with Gasteiger partial charge < -0.3 is 24.4 Å². The highest BCUT2D eigenvalue weighted by molar-refractivity contribution is 5.76. The third-order valence-electron chi connectivity index (χ3n) is 9.72. The molecule has 5 rings (SSSR count). The fourth-order valence-electron chi connectivity index (χ4n) is 6.51. The van der Waals surface area contributed by atoms with E-state index in [4.69, 9.17) is 14.5 Å². The molecule has 3 aromatic rings. The number of alkyl halides is 6. The number of carbonyl (C=O) groups is 2. The topological polar surface area (TPSA) is 92.2 Å². The number of aromatic nitrogens is 1. The molecule has 0 spiro atoms. The number of anilines is 1. The third-order valence-corrected chi connectivity index (χ3v) is 9.72. The first-order chi connectivity index (χ1) is 24.0. The summed E-state index contributed by atoms with van der Waals surface area (Å²) in [6.07, 6.45) is -9.30. The number of halogens is 7. The molecule has 1 aromatic heterocycles. The van der Waals surface area contributed by atoms with Crippen molar-refractivity contribution in [3.05, 3.63) is 76.2 Å². The molecule has 2 heterocycles. The van der Waals surface area contributed by atoms with Crippen LogP contribution in [0, 0.1) is 11.7 Å². The minimum Gasteiger partial charge on any atom is -0.496 e. The number of rotatable bonds is 12. The van der Waals surface area contributed by atoms with Gasteiger partial charge in [0.2, 0.25) is 0 Å². The van der Waals surface area contributed by atoms with Gasteiger partial charge in [-0.15, -0.1) is 0 Å². The fourth-order valence-corrected chi connectivity index (χ4v) is 6.51. The van der Waals surface area contributed by atoms with Crippen molar-refractivity contribution < 1.29 is 54.9 Å². The average Bonchev–Trinajstić information content (AvgIpc) is 3.02. The van der Waals surface area contributed by atoms with Gasteiger partial charge in [0.05, 0.1) is 43.5 Å². The van der Waals surface area contributed by atoms with Crippen molar-refractivity contribution in [1.82, 2.24) is 9.88 Å². The van der Waals surface area contributed by atoms with Crippen molar-refractivity contribution in [2.45, 2.75) is 69.8 Å². The Morgan fingerprint density at radius 1 is 0.980 bits per heavy atom. The summed E-state index contributed by atoms with van der Waals surface area (Å²) in [5, 5.41) is 10.2. The first-order valence-corrected chi connectivity index (χ1v) is 16.5. The number of carbonyl (C=O) groups excluding carboxylic acids is 1. The highest BCUT2D eigenvalue weighted by Gasteiger charge is 2.39. The Morgan fingerprint density at radius 2 is 1.63 bits per heavy atom. The predicted octanol–water partition coefficient (Wildman–Crippen LogP) is 8.87. The summed E-state index contributed by atoms with van der Waals surface area (Å²) >= 11 is 0. The highest BCUT2D eigenvalue weighted by atomic mass is 19.4. The predicted molar refractivity (Wildman–Crippen MR) is 173 cm³/mol. The molecule has 2 aliphatic rings. The lowest BCUT2D eigenvalue weighted by molar-refractivity contribution is -0.149. The largest absolute Gasteiger partial charge is 0.496 e. The first-order valence-electron chi connectivity index (χ1n) is 16.5. The van der Waals surface area contributed by atoms with Gasteiger partial charge in [0, 0.05) is 36.8 Å². The molecule has 0 radical (unpaired) electrons. The molecule has 1 saturated carbocycles. The number of methoxy groups -OCH3 is 2. The van der Waals surface area contributed by atoms with E-state index in [-0.39, 0.29) is 61.1 Å². The number of amides is 1. The van der Waals surface area contributed by atoms with Crippen LogP contribution in [0.5, 0.6) is 5.75 Å². The Kier molecular flexibility index (Phi) is 11.1. The number of hydrogen-bond acceptors (Lipinski definition) is 6. The van der Waals surface area contributed by atoms with Gasteiger partial charge in [-0.3, -0.25) is 4.79 Å². The number of esters is 1. The molecule has 8 nitrogen and oxygen atoms in total. The van der Waals surface area contributed by atoms with Gasteiger partial charge in [0.25, 0.3) is 0 Å². The lowest BCUT2D eigenvalue weighted by atomic mass is 9.71. The van der Waals surface area contributed by atoms with Crippen molar-refractivity contribution in [2.24, 2.45) is 5.92 Å². The maximum absolute atomic E-state index is 15.3. The molecular formula is C36H38F7N3O5.